The van der Waals surface area contributed by atoms with Gasteiger partial charge in [-0.05, 0) is 36.6 Å². The topological polar surface area (TPSA) is 74.3 Å². The van der Waals surface area contributed by atoms with Crippen LogP contribution < -0.4 is 10.9 Å². The molecule has 6 nitrogen and oxygen atoms in total. The molecule has 3 rings (SSSR count). The van der Waals surface area contributed by atoms with E-state index in [1.807, 2.05) is 24.3 Å². The Kier molecular flexibility index (Phi) is 7.13. The number of rotatable bonds is 6. The molecule has 0 unspecified atom stereocenters. The SMILES string of the molecule is CCc1ccc(-c2nc(C(=O)NNC(=O)N(CC)Cc3cccc(F)c3)cs2)cc1. The van der Waals surface area contributed by atoms with Gasteiger partial charge in [-0.2, -0.15) is 0 Å². The first-order chi connectivity index (χ1) is 14.5. The second-order valence-corrected chi connectivity index (χ2v) is 7.47. The van der Waals surface area contributed by atoms with E-state index in [0.29, 0.717) is 12.1 Å². The molecule has 0 radical (unpaired) electrons. The summed E-state index contributed by atoms with van der Waals surface area (Å²) >= 11 is 1.36. The van der Waals surface area contributed by atoms with Gasteiger partial charge in [-0.15, -0.1) is 11.3 Å². The van der Waals surface area contributed by atoms with E-state index in [9.17, 15) is 14.0 Å². The van der Waals surface area contributed by atoms with Crippen molar-refractivity contribution in [2.75, 3.05) is 6.54 Å². The van der Waals surface area contributed by atoms with Crippen LogP contribution in [0, 0.1) is 5.82 Å². The molecular formula is C22H23FN4O2S. The summed E-state index contributed by atoms with van der Waals surface area (Å²) in [6, 6.07) is 13.6. The van der Waals surface area contributed by atoms with Crippen LogP contribution in [0.1, 0.15) is 35.5 Å². The average molecular weight is 427 g/mol. The third kappa shape index (κ3) is 5.42. The number of aryl methyl sites for hydroxylation is 1. The maximum atomic E-state index is 13.3. The predicted octanol–water partition coefficient (Wildman–Crippen LogP) is 4.39. The summed E-state index contributed by atoms with van der Waals surface area (Å²) < 4.78 is 13.3. The molecule has 3 aromatic rings. The van der Waals surface area contributed by atoms with E-state index >= 15 is 0 Å². The number of carbonyl (C=O) groups is 2. The summed E-state index contributed by atoms with van der Waals surface area (Å²) in [5.41, 5.74) is 7.83. The van der Waals surface area contributed by atoms with Crippen molar-refractivity contribution in [3.63, 3.8) is 0 Å². The Bertz CT molecular complexity index is 1020. The molecule has 0 spiro atoms. The van der Waals surface area contributed by atoms with Gasteiger partial charge < -0.3 is 4.90 Å². The third-order valence-corrected chi connectivity index (χ3v) is 5.45. The minimum absolute atomic E-state index is 0.225. The highest BCUT2D eigenvalue weighted by molar-refractivity contribution is 7.13. The van der Waals surface area contributed by atoms with Crippen molar-refractivity contribution in [1.82, 2.24) is 20.7 Å². The van der Waals surface area contributed by atoms with Gasteiger partial charge in [0.1, 0.15) is 16.5 Å². The number of aromatic nitrogens is 1. The number of hydrazine groups is 1. The van der Waals surface area contributed by atoms with E-state index in [0.717, 1.165) is 17.0 Å². The Morgan fingerprint density at radius 2 is 1.83 bits per heavy atom. The number of nitrogens with one attached hydrogen (secondary N) is 2. The molecule has 30 heavy (non-hydrogen) atoms. The van der Waals surface area contributed by atoms with Gasteiger partial charge in [0.2, 0.25) is 0 Å². The van der Waals surface area contributed by atoms with E-state index in [1.165, 1.54) is 33.9 Å². The largest absolute Gasteiger partial charge is 0.336 e. The molecule has 0 aliphatic heterocycles. The minimum atomic E-state index is -0.502. The quantitative estimate of drug-likeness (QED) is 0.574. The van der Waals surface area contributed by atoms with Crippen molar-refractivity contribution in [3.8, 4) is 10.6 Å². The number of hydrogen-bond donors (Lipinski definition) is 2. The number of thiazole rings is 1. The molecule has 156 valence electrons. The third-order valence-electron chi connectivity index (χ3n) is 4.56. The van der Waals surface area contributed by atoms with Gasteiger partial charge >= 0.3 is 6.03 Å². The van der Waals surface area contributed by atoms with E-state index in [1.54, 1.807) is 24.4 Å². The van der Waals surface area contributed by atoms with Crippen molar-refractivity contribution in [2.24, 2.45) is 0 Å². The van der Waals surface area contributed by atoms with E-state index in [-0.39, 0.29) is 18.1 Å². The summed E-state index contributed by atoms with van der Waals surface area (Å²) in [5, 5.41) is 2.38. The van der Waals surface area contributed by atoms with Crippen LogP contribution in [0.2, 0.25) is 0 Å². The van der Waals surface area contributed by atoms with Gasteiger partial charge in [0.05, 0.1) is 0 Å². The first kappa shape index (κ1) is 21.4. The van der Waals surface area contributed by atoms with Crippen LogP contribution in [0.3, 0.4) is 0 Å². The summed E-state index contributed by atoms with van der Waals surface area (Å²) in [7, 11) is 0. The number of hydrogen-bond acceptors (Lipinski definition) is 4. The van der Waals surface area contributed by atoms with Crippen molar-refractivity contribution in [2.45, 2.75) is 26.8 Å². The monoisotopic (exact) mass is 426 g/mol. The molecule has 8 heteroatoms. The lowest BCUT2D eigenvalue weighted by Crippen LogP contribution is -2.48. The molecule has 1 heterocycles. The lowest BCUT2D eigenvalue weighted by Gasteiger charge is -2.21. The van der Waals surface area contributed by atoms with Crippen LogP contribution >= 0.6 is 11.3 Å². The average Bonchev–Trinajstić information content (AvgIpc) is 3.26. The van der Waals surface area contributed by atoms with Crippen LogP contribution in [0.15, 0.2) is 53.9 Å². The fourth-order valence-electron chi connectivity index (χ4n) is 2.83. The highest BCUT2D eigenvalue weighted by Gasteiger charge is 2.16. The molecule has 0 saturated heterocycles. The second-order valence-electron chi connectivity index (χ2n) is 6.62. The zero-order valence-electron chi connectivity index (χ0n) is 16.8. The Hall–Kier alpha value is -3.26. The maximum Gasteiger partial charge on any atom is 0.336 e. The number of halogens is 1. The van der Waals surface area contributed by atoms with Crippen molar-refractivity contribution in [1.29, 1.82) is 0 Å². The van der Waals surface area contributed by atoms with Gasteiger partial charge in [-0.25, -0.2) is 19.6 Å². The summed E-state index contributed by atoms with van der Waals surface area (Å²) in [6.45, 7) is 4.52. The Labute approximate surface area is 178 Å². The lowest BCUT2D eigenvalue weighted by molar-refractivity contribution is 0.0925. The molecule has 3 amide bonds. The molecule has 0 aliphatic carbocycles. The highest BCUT2D eigenvalue weighted by atomic mass is 32.1. The normalized spacial score (nSPS) is 10.5. The minimum Gasteiger partial charge on any atom is -0.319 e. The van der Waals surface area contributed by atoms with Gasteiger partial charge in [0.25, 0.3) is 5.91 Å². The first-order valence-electron chi connectivity index (χ1n) is 9.64. The maximum absolute atomic E-state index is 13.3. The highest BCUT2D eigenvalue weighted by Crippen LogP contribution is 2.24. The molecule has 0 fully saturated rings. The molecule has 2 aromatic carbocycles. The van der Waals surface area contributed by atoms with Crippen molar-refractivity contribution < 1.29 is 14.0 Å². The number of urea groups is 1. The molecular weight excluding hydrogens is 403 g/mol. The Balaban J connectivity index is 1.57. The van der Waals surface area contributed by atoms with Crippen LogP contribution in [0.5, 0.6) is 0 Å². The number of amides is 3. The fraction of sp³-hybridized carbons (Fsp3) is 0.227. The fourth-order valence-corrected chi connectivity index (χ4v) is 3.64. The Morgan fingerprint density at radius 3 is 2.50 bits per heavy atom. The second kappa shape index (κ2) is 9.98. The summed E-state index contributed by atoms with van der Waals surface area (Å²) in [4.78, 5) is 30.5. The number of nitrogens with zero attached hydrogens (tertiary/aromatic N) is 2. The first-order valence-corrected chi connectivity index (χ1v) is 10.5. The predicted molar refractivity (Wildman–Crippen MR) is 115 cm³/mol. The van der Waals surface area contributed by atoms with Crippen molar-refractivity contribution >= 4 is 23.3 Å². The molecule has 0 saturated carbocycles. The van der Waals surface area contributed by atoms with E-state index in [2.05, 4.69) is 22.8 Å². The molecule has 0 aliphatic rings. The van der Waals surface area contributed by atoms with Gasteiger partial charge in [0.15, 0.2) is 0 Å². The van der Waals surface area contributed by atoms with E-state index in [4.69, 9.17) is 0 Å². The van der Waals surface area contributed by atoms with Crippen LogP contribution in [0.4, 0.5) is 9.18 Å². The zero-order chi connectivity index (χ0) is 21.5. The molecule has 1 aromatic heterocycles. The number of benzene rings is 2. The Morgan fingerprint density at radius 1 is 1.07 bits per heavy atom. The van der Waals surface area contributed by atoms with Gasteiger partial charge in [-0.1, -0.05) is 43.3 Å². The van der Waals surface area contributed by atoms with Crippen LogP contribution in [-0.4, -0.2) is 28.4 Å². The number of carbonyl (C=O) groups excluding carboxylic acids is 2. The standard InChI is InChI=1S/C22H23FN4O2S/c1-3-15-8-10-17(11-9-15)21-24-19(14-30-21)20(28)25-26-22(29)27(4-2)13-16-6-5-7-18(23)12-16/h5-12,14H,3-4,13H2,1-2H3,(H,25,28)(H,26,29). The summed E-state index contributed by atoms with van der Waals surface area (Å²) in [5.74, 6) is -0.862. The van der Waals surface area contributed by atoms with E-state index < -0.39 is 11.9 Å². The van der Waals surface area contributed by atoms with Gasteiger partial charge in [-0.3, -0.25) is 10.2 Å². The van der Waals surface area contributed by atoms with Crippen LogP contribution in [-0.2, 0) is 13.0 Å². The lowest BCUT2D eigenvalue weighted by atomic mass is 10.1. The zero-order valence-corrected chi connectivity index (χ0v) is 17.6. The molecule has 2 N–H and O–H groups in total. The molecule has 0 atom stereocenters. The summed E-state index contributed by atoms with van der Waals surface area (Å²) in [6.07, 6.45) is 0.958. The van der Waals surface area contributed by atoms with Crippen molar-refractivity contribution in [3.05, 3.63) is 76.5 Å². The smallest absolute Gasteiger partial charge is 0.319 e. The van der Waals surface area contributed by atoms with Crippen LogP contribution in [0.25, 0.3) is 10.6 Å². The molecule has 0 bridgehead atoms. The van der Waals surface area contributed by atoms with Gasteiger partial charge in [0, 0.05) is 24.0 Å².